The van der Waals surface area contributed by atoms with Gasteiger partial charge >= 0.3 is 0 Å². The highest BCUT2D eigenvalue weighted by Crippen LogP contribution is 2.50. The van der Waals surface area contributed by atoms with E-state index in [-0.39, 0.29) is 0 Å². The molecule has 0 heterocycles. The fraction of sp³-hybridized carbons (Fsp3) is 0.191. The molecule has 1 aliphatic carbocycles. The Morgan fingerprint density at radius 2 is 0.936 bits per heavy atom. The van der Waals surface area contributed by atoms with E-state index in [0.717, 1.165) is 6.42 Å². The molecule has 0 heteroatoms. The molecule has 0 aromatic heterocycles. The largest absolute Gasteiger partial charge is 0.0610 e. The predicted molar refractivity (Wildman–Crippen MR) is 205 cm³/mol. The van der Waals surface area contributed by atoms with Gasteiger partial charge in [0.1, 0.15) is 0 Å². The number of hydrogen-bond donors (Lipinski definition) is 0. The van der Waals surface area contributed by atoms with E-state index < -0.39 is 0 Å². The molecule has 0 radical (unpaired) electrons. The standard InChI is InChI=1S/C47H38/c1-28-16-19-30(20-17-28)33-23-25-41-44-35(33)12-8-14-37(44)42-27-43-38-24-22-34-32-21-18-29(2)31(26-32)10-6-4-3-5-7-11-39(47(41)42)46(43)40-15-9-13-36(34)45(38)40/h8-9,12-27H,3-7,10-11H2,1-2H3. The van der Waals surface area contributed by atoms with E-state index in [2.05, 4.69) is 123 Å². The third-order valence-electron chi connectivity index (χ3n) is 11.5. The van der Waals surface area contributed by atoms with Crippen LogP contribution in [0.15, 0.2) is 109 Å². The van der Waals surface area contributed by atoms with Crippen LogP contribution in [0.1, 0.15) is 54.4 Å². The lowest BCUT2D eigenvalue weighted by Crippen LogP contribution is -1.93. The zero-order valence-electron chi connectivity index (χ0n) is 27.3. The summed E-state index contributed by atoms with van der Waals surface area (Å²) in [5, 5.41) is 17.1. The Morgan fingerprint density at radius 1 is 0.383 bits per heavy atom. The van der Waals surface area contributed by atoms with Gasteiger partial charge in [-0.05, 0) is 149 Å². The average Bonchev–Trinajstić information content (AvgIpc) is 3.60. The summed E-state index contributed by atoms with van der Waals surface area (Å²) in [4.78, 5) is 0. The van der Waals surface area contributed by atoms with Crippen molar-refractivity contribution in [3.05, 3.63) is 131 Å². The molecule has 226 valence electrons. The molecule has 9 aromatic carbocycles. The first-order valence-electron chi connectivity index (χ1n) is 17.7. The van der Waals surface area contributed by atoms with Gasteiger partial charge in [-0.1, -0.05) is 128 Å². The van der Waals surface area contributed by atoms with Gasteiger partial charge in [-0.2, -0.15) is 0 Å². The minimum absolute atomic E-state index is 1.12. The van der Waals surface area contributed by atoms with Crippen LogP contribution in [0.25, 0.3) is 86.9 Å². The maximum atomic E-state index is 2.56. The normalized spacial score (nSPS) is 14.4. The zero-order valence-corrected chi connectivity index (χ0v) is 27.3. The molecule has 0 amide bonds. The first-order valence-corrected chi connectivity index (χ1v) is 17.7. The van der Waals surface area contributed by atoms with E-state index in [9.17, 15) is 0 Å². The number of rotatable bonds is 1. The van der Waals surface area contributed by atoms with Crippen molar-refractivity contribution in [2.45, 2.75) is 58.8 Å². The van der Waals surface area contributed by atoms with Crippen molar-refractivity contribution >= 4 is 64.6 Å². The van der Waals surface area contributed by atoms with Crippen molar-refractivity contribution in [3.8, 4) is 22.3 Å². The number of fused-ring (bicyclic) bond motifs is 8. The Kier molecular flexibility index (Phi) is 5.95. The average molecular weight is 603 g/mol. The lowest BCUT2D eigenvalue weighted by molar-refractivity contribution is 0.614. The van der Waals surface area contributed by atoms with Crippen molar-refractivity contribution in [2.75, 3.05) is 0 Å². The predicted octanol–water partition coefficient (Wildman–Crippen LogP) is 13.5. The number of hydrogen-bond acceptors (Lipinski definition) is 0. The topological polar surface area (TPSA) is 0 Å². The van der Waals surface area contributed by atoms with Gasteiger partial charge in [0.05, 0.1) is 0 Å². The summed E-state index contributed by atoms with van der Waals surface area (Å²) in [5.74, 6) is 0. The first-order chi connectivity index (χ1) is 23.2. The lowest BCUT2D eigenvalue weighted by atomic mass is 9.91. The summed E-state index contributed by atoms with van der Waals surface area (Å²) in [6, 6.07) is 42.5. The monoisotopic (exact) mass is 602 g/mol. The summed E-state index contributed by atoms with van der Waals surface area (Å²) < 4.78 is 0. The molecule has 0 saturated heterocycles. The van der Waals surface area contributed by atoms with Crippen LogP contribution >= 0.6 is 0 Å². The van der Waals surface area contributed by atoms with E-state index in [0.29, 0.717) is 0 Å². The van der Waals surface area contributed by atoms with Gasteiger partial charge in [-0.15, -0.1) is 0 Å². The van der Waals surface area contributed by atoms with Gasteiger partial charge in [-0.3, -0.25) is 0 Å². The fourth-order valence-electron chi connectivity index (χ4n) is 9.20. The van der Waals surface area contributed by atoms with Crippen LogP contribution in [0.5, 0.6) is 0 Å². The van der Waals surface area contributed by atoms with Crippen LogP contribution in [0.4, 0.5) is 0 Å². The zero-order chi connectivity index (χ0) is 31.2. The Bertz CT molecular complexity index is 2650. The third-order valence-corrected chi connectivity index (χ3v) is 11.5. The van der Waals surface area contributed by atoms with Gasteiger partial charge in [0.15, 0.2) is 0 Å². The summed E-state index contributed by atoms with van der Waals surface area (Å²) in [7, 11) is 0. The van der Waals surface area contributed by atoms with Gasteiger partial charge in [0.25, 0.3) is 0 Å². The molecule has 47 heavy (non-hydrogen) atoms. The third kappa shape index (κ3) is 3.94. The minimum Gasteiger partial charge on any atom is -0.0610 e. The number of aryl methyl sites for hydroxylation is 4. The second kappa shape index (κ2) is 10.3. The summed E-state index contributed by atoms with van der Waals surface area (Å²) in [6.07, 6.45) is 8.69. The second-order valence-electron chi connectivity index (χ2n) is 14.3. The smallest absolute Gasteiger partial charge is 0.00200 e. The molecule has 0 spiro atoms. The highest BCUT2D eigenvalue weighted by molar-refractivity contribution is 6.40. The van der Waals surface area contributed by atoms with E-state index in [1.165, 1.54) is 142 Å². The molecule has 0 aliphatic heterocycles. The summed E-state index contributed by atoms with van der Waals surface area (Å²) in [6.45, 7) is 4.45. The van der Waals surface area contributed by atoms with Crippen LogP contribution in [0.3, 0.4) is 0 Å². The Balaban J connectivity index is 1.33. The quantitative estimate of drug-likeness (QED) is 0.175. The Labute approximate surface area is 276 Å². The molecule has 1 aliphatic rings. The molecule has 0 unspecified atom stereocenters. The molecule has 0 nitrogen and oxygen atoms in total. The van der Waals surface area contributed by atoms with Crippen molar-refractivity contribution in [2.24, 2.45) is 0 Å². The second-order valence-corrected chi connectivity index (χ2v) is 14.3. The Hall–Kier alpha value is -4.94. The van der Waals surface area contributed by atoms with Crippen LogP contribution in [-0.4, -0.2) is 0 Å². The summed E-state index contributed by atoms with van der Waals surface area (Å²) >= 11 is 0. The molecule has 0 fully saturated rings. The van der Waals surface area contributed by atoms with E-state index >= 15 is 0 Å². The van der Waals surface area contributed by atoms with Crippen molar-refractivity contribution in [1.29, 1.82) is 0 Å². The van der Waals surface area contributed by atoms with E-state index in [4.69, 9.17) is 0 Å². The van der Waals surface area contributed by atoms with Crippen molar-refractivity contribution < 1.29 is 0 Å². The molecule has 0 atom stereocenters. The van der Waals surface area contributed by atoms with Crippen LogP contribution < -0.4 is 0 Å². The van der Waals surface area contributed by atoms with E-state index in [1.54, 1.807) is 5.56 Å². The summed E-state index contributed by atoms with van der Waals surface area (Å²) in [5.41, 5.74) is 11.1. The maximum Gasteiger partial charge on any atom is -0.00200 e. The SMILES string of the molecule is Cc1ccc(-c2ccc3c4c5c6c(cc4c4cccc2c43)c2ccc(c3cccc6c32)-c2ccc(C)c(c2)CCCCCCC5)cc1. The molecule has 10 rings (SSSR count). The van der Waals surface area contributed by atoms with Crippen molar-refractivity contribution in [3.63, 3.8) is 0 Å². The Morgan fingerprint density at radius 3 is 1.68 bits per heavy atom. The van der Waals surface area contributed by atoms with Gasteiger partial charge in [-0.25, -0.2) is 0 Å². The molecular weight excluding hydrogens is 565 g/mol. The van der Waals surface area contributed by atoms with Crippen LogP contribution in [-0.2, 0) is 12.8 Å². The van der Waals surface area contributed by atoms with Gasteiger partial charge in [0, 0.05) is 0 Å². The molecule has 9 aromatic rings. The molecular formula is C47H38. The molecule has 7 bridgehead atoms. The number of benzene rings is 7. The minimum atomic E-state index is 1.12. The van der Waals surface area contributed by atoms with Crippen LogP contribution in [0.2, 0.25) is 0 Å². The van der Waals surface area contributed by atoms with Crippen molar-refractivity contribution in [1.82, 2.24) is 0 Å². The highest BCUT2D eigenvalue weighted by atomic mass is 14.3. The fourth-order valence-corrected chi connectivity index (χ4v) is 9.20. The first kappa shape index (κ1) is 27.2. The highest BCUT2D eigenvalue weighted by Gasteiger charge is 2.23. The maximum absolute atomic E-state index is 2.56. The van der Waals surface area contributed by atoms with Crippen LogP contribution in [0, 0.1) is 13.8 Å². The molecule has 0 saturated carbocycles. The molecule has 0 N–H and O–H groups in total. The lowest BCUT2D eigenvalue weighted by Gasteiger charge is -2.13. The van der Waals surface area contributed by atoms with Gasteiger partial charge < -0.3 is 0 Å². The van der Waals surface area contributed by atoms with Gasteiger partial charge in [0.2, 0.25) is 0 Å². The van der Waals surface area contributed by atoms with E-state index in [1.807, 2.05) is 0 Å².